The number of piperazine rings is 1. The molecule has 0 aliphatic carbocycles. The number of para-hydroxylation sites is 1. The summed E-state index contributed by atoms with van der Waals surface area (Å²) in [4.78, 5) is 16.6. The Morgan fingerprint density at radius 2 is 1.62 bits per heavy atom. The molecule has 2 amide bonds. The SMILES string of the molecule is O=C(Nc1ccccc1)N1CCN(CCCCc2ccc(F)cc2)CC1. The number of halogens is 1. The quantitative estimate of drug-likeness (QED) is 0.795. The molecule has 0 unspecified atom stereocenters. The topological polar surface area (TPSA) is 35.6 Å². The number of benzene rings is 2. The monoisotopic (exact) mass is 355 g/mol. The Balaban J connectivity index is 1.32. The highest BCUT2D eigenvalue weighted by atomic mass is 19.1. The minimum absolute atomic E-state index is 0.0211. The highest BCUT2D eigenvalue weighted by Crippen LogP contribution is 2.11. The molecule has 1 N–H and O–H groups in total. The Morgan fingerprint density at radius 3 is 2.31 bits per heavy atom. The number of hydrogen-bond donors (Lipinski definition) is 1. The van der Waals surface area contributed by atoms with Gasteiger partial charge in [-0.25, -0.2) is 9.18 Å². The van der Waals surface area contributed by atoms with Gasteiger partial charge in [-0.3, -0.25) is 4.90 Å². The molecule has 2 aromatic carbocycles. The first kappa shape index (κ1) is 18.4. The molecule has 0 aromatic heterocycles. The highest BCUT2D eigenvalue weighted by molar-refractivity contribution is 5.89. The van der Waals surface area contributed by atoms with Crippen LogP contribution in [-0.2, 0) is 6.42 Å². The summed E-state index contributed by atoms with van der Waals surface area (Å²) in [5.74, 6) is -0.178. The molecule has 26 heavy (non-hydrogen) atoms. The average Bonchev–Trinajstić information content (AvgIpc) is 2.68. The van der Waals surface area contributed by atoms with E-state index in [0.717, 1.165) is 57.7 Å². The number of hydrogen-bond acceptors (Lipinski definition) is 2. The summed E-state index contributed by atoms with van der Waals surface area (Å²) in [7, 11) is 0. The van der Waals surface area contributed by atoms with Crippen molar-refractivity contribution in [2.75, 3.05) is 38.0 Å². The predicted molar refractivity (Wildman–Crippen MR) is 103 cm³/mol. The molecule has 138 valence electrons. The average molecular weight is 355 g/mol. The molecular weight excluding hydrogens is 329 g/mol. The van der Waals surface area contributed by atoms with Gasteiger partial charge in [-0.15, -0.1) is 0 Å². The molecule has 2 aromatic rings. The summed E-state index contributed by atoms with van der Waals surface area (Å²) in [6.07, 6.45) is 3.20. The third kappa shape index (κ3) is 5.56. The van der Waals surface area contributed by atoms with Gasteiger partial charge in [0.2, 0.25) is 0 Å². The van der Waals surface area contributed by atoms with Crippen LogP contribution in [0.15, 0.2) is 54.6 Å². The lowest BCUT2D eigenvalue weighted by molar-refractivity contribution is 0.146. The van der Waals surface area contributed by atoms with E-state index >= 15 is 0 Å². The van der Waals surface area contributed by atoms with E-state index in [9.17, 15) is 9.18 Å². The number of nitrogens with one attached hydrogen (secondary N) is 1. The van der Waals surface area contributed by atoms with Crippen LogP contribution in [0.5, 0.6) is 0 Å². The Kier molecular flexibility index (Phi) is 6.61. The molecule has 5 heteroatoms. The number of carbonyl (C=O) groups excluding carboxylic acids is 1. The maximum Gasteiger partial charge on any atom is 0.321 e. The number of carbonyl (C=O) groups is 1. The second-order valence-corrected chi connectivity index (χ2v) is 6.71. The van der Waals surface area contributed by atoms with Gasteiger partial charge >= 0.3 is 6.03 Å². The molecule has 0 spiro atoms. The maximum absolute atomic E-state index is 12.9. The fourth-order valence-corrected chi connectivity index (χ4v) is 3.21. The lowest BCUT2D eigenvalue weighted by Crippen LogP contribution is -2.50. The van der Waals surface area contributed by atoms with Gasteiger partial charge in [0.1, 0.15) is 5.82 Å². The van der Waals surface area contributed by atoms with Crippen molar-refractivity contribution in [1.29, 1.82) is 0 Å². The fourth-order valence-electron chi connectivity index (χ4n) is 3.21. The van der Waals surface area contributed by atoms with Crippen molar-refractivity contribution in [2.45, 2.75) is 19.3 Å². The number of urea groups is 1. The highest BCUT2D eigenvalue weighted by Gasteiger charge is 2.20. The molecule has 1 heterocycles. The lowest BCUT2D eigenvalue weighted by atomic mass is 10.1. The smallest absolute Gasteiger partial charge is 0.321 e. The van der Waals surface area contributed by atoms with E-state index < -0.39 is 0 Å². The Bertz CT molecular complexity index is 682. The lowest BCUT2D eigenvalue weighted by Gasteiger charge is -2.34. The molecule has 0 bridgehead atoms. The molecule has 0 saturated carbocycles. The van der Waals surface area contributed by atoms with Crippen LogP contribution in [0.2, 0.25) is 0 Å². The van der Waals surface area contributed by atoms with Gasteiger partial charge in [0.25, 0.3) is 0 Å². The molecule has 1 aliphatic rings. The Hall–Kier alpha value is -2.40. The van der Waals surface area contributed by atoms with Crippen molar-refractivity contribution in [2.24, 2.45) is 0 Å². The zero-order chi connectivity index (χ0) is 18.2. The molecule has 1 fully saturated rings. The van der Waals surface area contributed by atoms with E-state index in [1.165, 1.54) is 17.7 Å². The van der Waals surface area contributed by atoms with Crippen molar-refractivity contribution in [1.82, 2.24) is 9.80 Å². The number of anilines is 1. The zero-order valence-corrected chi connectivity index (χ0v) is 15.0. The maximum atomic E-state index is 12.9. The van der Waals surface area contributed by atoms with Gasteiger partial charge in [-0.2, -0.15) is 0 Å². The summed E-state index contributed by atoms with van der Waals surface area (Å²) in [6.45, 7) is 4.40. The second-order valence-electron chi connectivity index (χ2n) is 6.71. The molecule has 0 radical (unpaired) electrons. The predicted octanol–water partition coefficient (Wildman–Crippen LogP) is 4.00. The molecule has 4 nitrogen and oxygen atoms in total. The van der Waals surface area contributed by atoms with Crippen LogP contribution in [-0.4, -0.2) is 48.6 Å². The first-order valence-electron chi connectivity index (χ1n) is 9.28. The third-order valence-corrected chi connectivity index (χ3v) is 4.79. The van der Waals surface area contributed by atoms with Gasteiger partial charge in [-0.1, -0.05) is 30.3 Å². The third-order valence-electron chi connectivity index (χ3n) is 4.79. The first-order valence-corrected chi connectivity index (χ1v) is 9.28. The summed E-state index contributed by atoms with van der Waals surface area (Å²) in [5.41, 5.74) is 2.02. The van der Waals surface area contributed by atoms with E-state index in [-0.39, 0.29) is 11.8 Å². The van der Waals surface area contributed by atoms with Crippen molar-refractivity contribution >= 4 is 11.7 Å². The van der Waals surface area contributed by atoms with Crippen LogP contribution >= 0.6 is 0 Å². The van der Waals surface area contributed by atoms with E-state index in [1.807, 2.05) is 47.4 Å². The van der Waals surface area contributed by atoms with E-state index in [4.69, 9.17) is 0 Å². The van der Waals surface area contributed by atoms with Crippen LogP contribution in [0.4, 0.5) is 14.9 Å². The number of amides is 2. The van der Waals surface area contributed by atoms with E-state index in [1.54, 1.807) is 0 Å². The van der Waals surface area contributed by atoms with Crippen molar-refractivity contribution in [3.63, 3.8) is 0 Å². The standard InChI is InChI=1S/C21H26FN3O/c22-19-11-9-18(10-12-19)6-4-5-13-24-14-16-25(17-15-24)21(26)23-20-7-2-1-3-8-20/h1-3,7-12H,4-6,13-17H2,(H,23,26). The summed E-state index contributed by atoms with van der Waals surface area (Å²) >= 11 is 0. The van der Waals surface area contributed by atoms with Crippen molar-refractivity contribution in [3.05, 3.63) is 66.0 Å². The summed E-state index contributed by atoms with van der Waals surface area (Å²) in [6, 6.07) is 16.3. The van der Waals surface area contributed by atoms with Crippen molar-refractivity contribution < 1.29 is 9.18 Å². The number of nitrogens with zero attached hydrogens (tertiary/aromatic N) is 2. The molecular formula is C21H26FN3O. The molecule has 3 rings (SSSR count). The minimum atomic E-state index is -0.178. The van der Waals surface area contributed by atoms with Gasteiger partial charge in [0.05, 0.1) is 0 Å². The van der Waals surface area contributed by atoms with Crippen LogP contribution in [0.1, 0.15) is 18.4 Å². The van der Waals surface area contributed by atoms with Gasteiger partial charge in [-0.05, 0) is 55.6 Å². The van der Waals surface area contributed by atoms with Crippen molar-refractivity contribution in [3.8, 4) is 0 Å². The van der Waals surface area contributed by atoms with Crippen LogP contribution < -0.4 is 5.32 Å². The van der Waals surface area contributed by atoms with E-state index in [2.05, 4.69) is 10.2 Å². The molecule has 1 saturated heterocycles. The zero-order valence-electron chi connectivity index (χ0n) is 15.0. The number of aryl methyl sites for hydroxylation is 1. The van der Waals surface area contributed by atoms with Gasteiger partial charge in [0.15, 0.2) is 0 Å². The number of rotatable bonds is 6. The first-order chi connectivity index (χ1) is 12.7. The molecule has 0 atom stereocenters. The number of unbranched alkanes of at least 4 members (excludes halogenated alkanes) is 1. The minimum Gasteiger partial charge on any atom is -0.322 e. The van der Waals surface area contributed by atoms with Crippen LogP contribution in [0.25, 0.3) is 0 Å². The molecule has 1 aliphatic heterocycles. The van der Waals surface area contributed by atoms with E-state index in [0.29, 0.717) is 0 Å². The summed E-state index contributed by atoms with van der Waals surface area (Å²) in [5, 5.41) is 2.94. The largest absolute Gasteiger partial charge is 0.322 e. The fraction of sp³-hybridized carbons (Fsp3) is 0.381. The Labute approximate surface area is 154 Å². The summed E-state index contributed by atoms with van der Waals surface area (Å²) < 4.78 is 12.9. The Morgan fingerprint density at radius 1 is 0.923 bits per heavy atom. The normalized spacial score (nSPS) is 15.0. The van der Waals surface area contributed by atoms with Crippen LogP contribution in [0, 0.1) is 5.82 Å². The second kappa shape index (κ2) is 9.34. The van der Waals surface area contributed by atoms with Gasteiger partial charge in [0, 0.05) is 31.9 Å². The van der Waals surface area contributed by atoms with Gasteiger partial charge < -0.3 is 10.2 Å². The van der Waals surface area contributed by atoms with Crippen LogP contribution in [0.3, 0.4) is 0 Å².